The standard InChI is InChI=1S/C27H29FN8/c28-19-6-1-5-18(15-19)23-9-3-13-34(23)27-12-11-25-29-17-24(36(25)33-27)21-8-2-7-20(31-21)22-16-30-35-14-4-10-26(35)32-22/h1-2,5-8,11-12,15,17,22-23,26,30,32H,3-4,9-10,13-14,16H2. The van der Waals surface area contributed by atoms with Crippen LogP contribution in [0.2, 0.25) is 0 Å². The number of aromatic nitrogens is 4. The van der Waals surface area contributed by atoms with Gasteiger partial charge in [-0.25, -0.2) is 23.9 Å². The Morgan fingerprint density at radius 1 is 0.972 bits per heavy atom. The molecule has 0 bridgehead atoms. The SMILES string of the molecule is Fc1cccc(C2CCCN2c2ccc3ncc(-c4cccc(C5CNN6CCCC6N5)n4)n3n2)c1. The lowest BCUT2D eigenvalue weighted by atomic mass is 10.0. The predicted molar refractivity (Wildman–Crippen MR) is 136 cm³/mol. The van der Waals surface area contributed by atoms with E-state index in [-0.39, 0.29) is 17.9 Å². The molecule has 3 aliphatic rings. The summed E-state index contributed by atoms with van der Waals surface area (Å²) in [6.45, 7) is 2.79. The maximum Gasteiger partial charge on any atom is 0.154 e. The summed E-state index contributed by atoms with van der Waals surface area (Å²) in [4.78, 5) is 11.9. The van der Waals surface area contributed by atoms with Gasteiger partial charge < -0.3 is 4.90 Å². The molecule has 6 heterocycles. The lowest BCUT2D eigenvalue weighted by Crippen LogP contribution is -2.57. The number of hydrogen-bond acceptors (Lipinski definition) is 7. The normalized spacial score (nSPS) is 24.5. The molecular formula is C27H29FN8. The van der Waals surface area contributed by atoms with Crippen molar-refractivity contribution in [2.45, 2.75) is 43.9 Å². The first-order chi connectivity index (χ1) is 17.7. The van der Waals surface area contributed by atoms with E-state index in [0.717, 1.165) is 73.0 Å². The molecule has 7 rings (SSSR count). The van der Waals surface area contributed by atoms with Gasteiger partial charge in [0.15, 0.2) is 5.65 Å². The van der Waals surface area contributed by atoms with Crippen molar-refractivity contribution in [2.24, 2.45) is 0 Å². The molecule has 3 aromatic heterocycles. The number of halogens is 1. The first kappa shape index (κ1) is 21.8. The van der Waals surface area contributed by atoms with Crippen LogP contribution in [0, 0.1) is 5.82 Å². The summed E-state index contributed by atoms with van der Waals surface area (Å²) in [6.07, 6.45) is 6.58. The molecule has 0 saturated carbocycles. The maximum absolute atomic E-state index is 13.9. The highest BCUT2D eigenvalue weighted by Crippen LogP contribution is 2.36. The number of fused-ring (bicyclic) bond motifs is 2. The molecule has 2 N–H and O–H groups in total. The maximum atomic E-state index is 13.9. The van der Waals surface area contributed by atoms with Gasteiger partial charge >= 0.3 is 0 Å². The van der Waals surface area contributed by atoms with Crippen molar-refractivity contribution in [1.82, 2.24) is 35.3 Å². The lowest BCUT2D eigenvalue weighted by molar-refractivity contribution is 0.0848. The van der Waals surface area contributed by atoms with Gasteiger partial charge in [0.05, 0.1) is 35.8 Å². The Labute approximate surface area is 209 Å². The topological polar surface area (TPSA) is 73.6 Å². The fraction of sp³-hybridized carbons (Fsp3) is 0.370. The van der Waals surface area contributed by atoms with Crippen molar-refractivity contribution in [2.75, 3.05) is 24.5 Å². The molecule has 0 amide bonds. The molecule has 8 nitrogen and oxygen atoms in total. The van der Waals surface area contributed by atoms with Gasteiger partial charge in [0.1, 0.15) is 17.3 Å². The Hall–Kier alpha value is -3.40. The zero-order valence-electron chi connectivity index (χ0n) is 20.0. The van der Waals surface area contributed by atoms with Gasteiger partial charge in [-0.2, -0.15) is 0 Å². The predicted octanol–water partition coefficient (Wildman–Crippen LogP) is 3.84. The monoisotopic (exact) mass is 484 g/mol. The van der Waals surface area contributed by atoms with Crippen molar-refractivity contribution in [3.05, 3.63) is 77.9 Å². The average molecular weight is 485 g/mol. The van der Waals surface area contributed by atoms with Gasteiger partial charge in [0.25, 0.3) is 0 Å². The third-order valence-electron chi connectivity index (χ3n) is 7.66. The van der Waals surface area contributed by atoms with E-state index in [1.165, 1.54) is 12.5 Å². The number of nitrogens with zero attached hydrogens (tertiary/aromatic N) is 6. The Morgan fingerprint density at radius 2 is 1.89 bits per heavy atom. The first-order valence-corrected chi connectivity index (χ1v) is 12.8. The molecule has 0 radical (unpaired) electrons. The number of imidazole rings is 1. The largest absolute Gasteiger partial charge is 0.348 e. The van der Waals surface area contributed by atoms with Crippen molar-refractivity contribution in [3.8, 4) is 11.4 Å². The lowest BCUT2D eigenvalue weighted by Gasteiger charge is -2.36. The molecule has 3 aliphatic heterocycles. The highest BCUT2D eigenvalue weighted by Gasteiger charge is 2.32. The molecule has 36 heavy (non-hydrogen) atoms. The van der Waals surface area contributed by atoms with Crippen LogP contribution in [0.3, 0.4) is 0 Å². The molecule has 4 aromatic rings. The summed E-state index contributed by atoms with van der Waals surface area (Å²) in [6, 6.07) is 17.4. The highest BCUT2D eigenvalue weighted by atomic mass is 19.1. The van der Waals surface area contributed by atoms with Crippen molar-refractivity contribution in [1.29, 1.82) is 0 Å². The summed E-state index contributed by atoms with van der Waals surface area (Å²) in [7, 11) is 0. The number of anilines is 1. The highest BCUT2D eigenvalue weighted by molar-refractivity contribution is 5.61. The van der Waals surface area contributed by atoms with E-state index in [1.807, 2.05) is 35.0 Å². The van der Waals surface area contributed by atoms with Crippen LogP contribution in [0.1, 0.15) is 49.0 Å². The number of hydrogen-bond donors (Lipinski definition) is 2. The van der Waals surface area contributed by atoms with Crippen molar-refractivity contribution < 1.29 is 4.39 Å². The first-order valence-electron chi connectivity index (χ1n) is 12.8. The van der Waals surface area contributed by atoms with Crippen LogP contribution in [0.4, 0.5) is 10.2 Å². The minimum atomic E-state index is -0.200. The van der Waals surface area contributed by atoms with E-state index in [1.54, 1.807) is 12.1 Å². The molecule has 0 spiro atoms. The number of benzene rings is 1. The van der Waals surface area contributed by atoms with Crippen molar-refractivity contribution >= 4 is 11.5 Å². The molecule has 0 aliphatic carbocycles. The van der Waals surface area contributed by atoms with Gasteiger partial charge in [-0.15, -0.1) is 5.10 Å². The van der Waals surface area contributed by atoms with Crippen LogP contribution in [0.15, 0.2) is 60.8 Å². The number of pyridine rings is 1. The van der Waals surface area contributed by atoms with E-state index in [4.69, 9.17) is 10.1 Å². The van der Waals surface area contributed by atoms with Gasteiger partial charge in [0.2, 0.25) is 0 Å². The molecule has 9 heteroatoms. The van der Waals surface area contributed by atoms with E-state index in [9.17, 15) is 4.39 Å². The molecular weight excluding hydrogens is 455 g/mol. The van der Waals surface area contributed by atoms with Gasteiger partial charge in [-0.1, -0.05) is 18.2 Å². The average Bonchev–Trinajstić information content (AvgIpc) is 3.67. The van der Waals surface area contributed by atoms with Crippen LogP contribution in [0.25, 0.3) is 17.0 Å². The molecule has 3 atom stereocenters. The second kappa shape index (κ2) is 8.92. The van der Waals surface area contributed by atoms with Crippen LogP contribution < -0.4 is 15.6 Å². The fourth-order valence-electron chi connectivity index (χ4n) is 5.90. The number of nitrogens with one attached hydrogen (secondary N) is 2. The summed E-state index contributed by atoms with van der Waals surface area (Å²) >= 11 is 0. The quantitative estimate of drug-likeness (QED) is 0.456. The van der Waals surface area contributed by atoms with E-state index >= 15 is 0 Å². The molecule has 184 valence electrons. The van der Waals surface area contributed by atoms with E-state index < -0.39 is 0 Å². The minimum absolute atomic E-state index is 0.110. The third-order valence-corrected chi connectivity index (χ3v) is 7.66. The summed E-state index contributed by atoms with van der Waals surface area (Å²) in [5, 5.41) is 11.0. The van der Waals surface area contributed by atoms with Gasteiger partial charge in [-0.05, 0) is 67.6 Å². The zero-order valence-corrected chi connectivity index (χ0v) is 20.0. The molecule has 1 aromatic carbocycles. The van der Waals surface area contributed by atoms with Crippen molar-refractivity contribution in [3.63, 3.8) is 0 Å². The van der Waals surface area contributed by atoms with E-state index in [0.29, 0.717) is 6.17 Å². The fourth-order valence-corrected chi connectivity index (χ4v) is 5.90. The summed E-state index contributed by atoms with van der Waals surface area (Å²) in [5.74, 6) is 0.665. The molecule has 3 saturated heterocycles. The molecule has 3 unspecified atom stereocenters. The Bertz CT molecular complexity index is 1400. The van der Waals surface area contributed by atoms with Crippen LogP contribution >= 0.6 is 0 Å². The number of hydrazine groups is 1. The Morgan fingerprint density at radius 3 is 2.83 bits per heavy atom. The van der Waals surface area contributed by atoms with Crippen LogP contribution in [-0.4, -0.2) is 50.4 Å². The molecule has 3 fully saturated rings. The number of rotatable bonds is 4. The summed E-state index contributed by atoms with van der Waals surface area (Å²) < 4.78 is 15.8. The second-order valence-electron chi connectivity index (χ2n) is 9.89. The smallest absolute Gasteiger partial charge is 0.154 e. The Kier molecular flexibility index (Phi) is 5.41. The van der Waals surface area contributed by atoms with E-state index in [2.05, 4.69) is 37.8 Å². The minimum Gasteiger partial charge on any atom is -0.348 e. The summed E-state index contributed by atoms with van der Waals surface area (Å²) in [5.41, 5.74) is 8.04. The Balaban J connectivity index is 1.20. The van der Waals surface area contributed by atoms with Crippen LogP contribution in [-0.2, 0) is 0 Å². The second-order valence-corrected chi connectivity index (χ2v) is 9.89. The van der Waals surface area contributed by atoms with Gasteiger partial charge in [0, 0.05) is 19.6 Å². The van der Waals surface area contributed by atoms with Gasteiger partial charge in [-0.3, -0.25) is 10.7 Å². The third kappa shape index (κ3) is 3.84. The van der Waals surface area contributed by atoms with Crippen LogP contribution in [0.5, 0.6) is 0 Å². The zero-order chi connectivity index (χ0) is 24.1.